The summed E-state index contributed by atoms with van der Waals surface area (Å²) in [4.78, 5) is 0. The minimum atomic E-state index is -2.03. The molecule has 30 unspecified atom stereocenters. The molecule has 4 aliphatic heterocycles. The van der Waals surface area contributed by atoms with Gasteiger partial charge in [0.15, 0.2) is 50.3 Å². The first-order chi connectivity index (χ1) is 68.8. The van der Waals surface area contributed by atoms with Gasteiger partial charge < -0.3 is 218 Å². The summed E-state index contributed by atoms with van der Waals surface area (Å²) in [6.07, 6.45) is -29.6. The van der Waals surface area contributed by atoms with Crippen LogP contribution in [0.1, 0.15) is 189 Å². The van der Waals surface area contributed by atoms with Crippen molar-refractivity contribution in [3.63, 3.8) is 0 Å². The number of hydrogen-bond donors (Lipinski definition) is 26. The maximum absolute atomic E-state index is 12.1. The van der Waals surface area contributed by atoms with E-state index in [2.05, 4.69) is 41.5 Å². The van der Waals surface area contributed by atoms with Gasteiger partial charge in [0.05, 0.1) is 162 Å². The largest absolute Gasteiger partial charge is 0.394 e. The minimum absolute atomic E-state index is 0.00296. The lowest BCUT2D eigenvalue weighted by Crippen LogP contribution is -2.62. The van der Waals surface area contributed by atoms with Crippen molar-refractivity contribution in [3.05, 3.63) is 0 Å². The Balaban J connectivity index is 0.716. The van der Waals surface area contributed by atoms with Crippen molar-refractivity contribution in [1.82, 2.24) is 0 Å². The maximum atomic E-state index is 12.1. The SMILES string of the molecule is CC(CCCOCC(COCCCC(C)C1CCC2C3CCC4CC(O[C@H](OCCO)[C@@H](O)C(O)CO[C@@H](OCCO)[C@@H](O)C(O)CO)CCC4(C)C3CCC12C)(CO[C@@H](OCCO)[C@H](O)C(O)CO[C@@H]1OC(CO)[C@H](O)C(O)[C@H]1O)CO[C@@H]1OC(CO)[C@@H](O[C@@H](OCCO)[C@@H](O)C(O)CO)C(O)[C@@H]1O)C1CCC2C3CCC4CC(O[C@H]5OC[C@H](O[C@@H]6OC(CO)CC(O)[C@H]6O)C(O)[C@H]5O)CCC4(C)C3CCC12C. The molecule has 0 radical (unpaired) electrons. The summed E-state index contributed by atoms with van der Waals surface area (Å²) in [6.45, 7) is 4.36. The van der Waals surface area contributed by atoms with Gasteiger partial charge in [0.1, 0.15) is 122 Å². The van der Waals surface area contributed by atoms with E-state index in [9.17, 15) is 133 Å². The molecule has 4 heterocycles. The van der Waals surface area contributed by atoms with Gasteiger partial charge in [0.25, 0.3) is 0 Å². The van der Waals surface area contributed by atoms with E-state index in [1.165, 1.54) is 0 Å². The Labute approximate surface area is 843 Å². The number of aliphatic hydroxyl groups excluding tert-OH is 26. The molecule has 26 N–H and O–H groups in total. The molecule has 12 fully saturated rings. The number of fused-ring (bicyclic) bond motifs is 10. The number of hydrogen-bond acceptors (Lipinski definition) is 44. The van der Waals surface area contributed by atoms with E-state index >= 15 is 0 Å². The Morgan fingerprint density at radius 2 is 0.819 bits per heavy atom. The molecule has 8 aliphatic carbocycles. The molecule has 12 aliphatic rings. The van der Waals surface area contributed by atoms with Crippen molar-refractivity contribution in [3.8, 4) is 0 Å². The molecule has 44 nitrogen and oxygen atoms in total. The first-order valence-corrected chi connectivity index (χ1v) is 53.1. The van der Waals surface area contributed by atoms with Gasteiger partial charge in [-0.05, 0) is 234 Å². The molecule has 0 bridgehead atoms. The highest BCUT2D eigenvalue weighted by atomic mass is 16.8. The van der Waals surface area contributed by atoms with Crippen LogP contribution in [-0.2, 0) is 85.3 Å². The molecule has 4 saturated heterocycles. The quantitative estimate of drug-likeness (QED) is 0.0157. The summed E-state index contributed by atoms with van der Waals surface area (Å²) >= 11 is 0. The molecule has 0 spiro atoms. The summed E-state index contributed by atoms with van der Waals surface area (Å²) < 4.78 is 109. The third-order valence-corrected chi connectivity index (χ3v) is 36.1. The predicted octanol–water partition coefficient (Wildman–Crippen LogP) is -3.88. The van der Waals surface area contributed by atoms with E-state index in [0.717, 1.165) is 116 Å². The van der Waals surface area contributed by atoms with Gasteiger partial charge in [-0.1, -0.05) is 41.5 Å². The Morgan fingerprint density at radius 3 is 1.35 bits per heavy atom. The molecule has 144 heavy (non-hydrogen) atoms. The van der Waals surface area contributed by atoms with Crippen LogP contribution in [0, 0.1) is 98.1 Å². The zero-order valence-electron chi connectivity index (χ0n) is 84.7. The Kier molecular flexibility index (Phi) is 46.8. The topological polar surface area (TPSA) is 692 Å². The zero-order valence-corrected chi connectivity index (χ0v) is 84.7. The zero-order chi connectivity index (χ0) is 104. The highest BCUT2D eigenvalue weighted by Gasteiger charge is 2.65. The standard InChI is InChI=1S/C100H178O44/c1-52(61-15-17-63-59-13-11-54-37-56(19-23-96(54,3)65(59)21-25-98(61,63)5)138-90(131-35-29-103)79(119)71(114)45-133-88(129-33-27-101)76(116)68(111)41-106)9-7-31-127-48-100(50-136-89(130-34-28-102)78(118)70(113)46-134-93-85(125)82(122)80(120)72(43-108)141-93,51-137-94-86(126)83(123)87(73(44-109)142-94)144-91(132-36-30-104)77(117)69(112)42-107)49-128-32-8-10-53(2)62-16-18-64-60-14-12-55-38-57(20-24-97(55,4)66(60)22-26-99(62,64)6)139-92-84(124)81(121)74(47-135-92)143-95-75(115)67(110)39-58(40-105)140-95/h52-95,101-126H,7-51H2,1-6H3/t52?,53?,54?,55?,56?,57?,58?,59?,60?,61?,62?,63?,64?,65?,66?,67?,68?,69?,70?,71?,72?,73?,74-,75+,76-,77-,78+,79-,80-,81?,82?,83?,84+,85+,86-,87+,88+,89+,90-,91+,92+,93+,94+,95-,96?,97?,98?,99?,100?/m0/s1. The van der Waals surface area contributed by atoms with E-state index in [4.69, 9.17) is 85.3 Å². The average molecular weight is 2080 g/mol. The number of ether oxygens (including phenoxy) is 18. The first-order valence-electron chi connectivity index (χ1n) is 53.1. The second-order valence-corrected chi connectivity index (χ2v) is 44.9. The second kappa shape index (κ2) is 55.7. The molecule has 49 atom stereocenters. The molecule has 842 valence electrons. The summed E-state index contributed by atoms with van der Waals surface area (Å²) in [6, 6.07) is 0. The minimum Gasteiger partial charge on any atom is -0.394 e. The molecule has 0 aromatic rings. The summed E-state index contributed by atoms with van der Waals surface area (Å²) in [5.74, 6) is 4.78. The highest BCUT2D eigenvalue weighted by molar-refractivity contribution is 5.13. The second-order valence-electron chi connectivity index (χ2n) is 44.9. The van der Waals surface area contributed by atoms with Crippen LogP contribution in [0.15, 0.2) is 0 Å². The van der Waals surface area contributed by atoms with Crippen LogP contribution in [0.2, 0.25) is 0 Å². The fourth-order valence-corrected chi connectivity index (χ4v) is 27.9. The summed E-state index contributed by atoms with van der Waals surface area (Å²) in [5.41, 5.74) is -1.43. The van der Waals surface area contributed by atoms with Crippen molar-refractivity contribution in [1.29, 1.82) is 0 Å². The Morgan fingerprint density at radius 1 is 0.361 bits per heavy atom. The number of rotatable bonds is 59. The van der Waals surface area contributed by atoms with Gasteiger partial charge in [-0.2, -0.15) is 0 Å². The molecule has 0 aromatic carbocycles. The third kappa shape index (κ3) is 28.4. The van der Waals surface area contributed by atoms with Crippen LogP contribution >= 0.6 is 0 Å². The first kappa shape index (κ1) is 121. The van der Waals surface area contributed by atoms with Gasteiger partial charge in [-0.3, -0.25) is 0 Å². The fraction of sp³-hybridized carbons (Fsp3) is 1.00. The summed E-state index contributed by atoms with van der Waals surface area (Å²) in [5, 5.41) is 277. The molecule has 0 aromatic heterocycles. The smallest absolute Gasteiger partial charge is 0.186 e. The fourth-order valence-electron chi connectivity index (χ4n) is 27.9. The van der Waals surface area contributed by atoms with Crippen molar-refractivity contribution in [2.24, 2.45) is 98.1 Å². The van der Waals surface area contributed by atoms with Gasteiger partial charge in [0, 0.05) is 19.6 Å². The predicted molar refractivity (Wildman–Crippen MR) is 500 cm³/mol. The normalized spacial score (nSPS) is 41.7. The Hall–Kier alpha value is -1.76. The van der Waals surface area contributed by atoms with E-state index < -0.39 is 289 Å². The molecule has 12 rings (SSSR count). The summed E-state index contributed by atoms with van der Waals surface area (Å²) in [7, 11) is 0. The lowest BCUT2D eigenvalue weighted by Gasteiger charge is -2.61. The van der Waals surface area contributed by atoms with Crippen LogP contribution in [-0.4, -0.2) is 475 Å². The van der Waals surface area contributed by atoms with Crippen molar-refractivity contribution < 1.29 is 218 Å². The van der Waals surface area contributed by atoms with E-state index in [1.54, 1.807) is 0 Å². The average Bonchev–Trinajstić information content (AvgIpc) is 1.69. The van der Waals surface area contributed by atoms with Crippen LogP contribution in [0.25, 0.3) is 0 Å². The highest BCUT2D eigenvalue weighted by Crippen LogP contribution is 2.71. The molecular weight excluding hydrogens is 1910 g/mol. The van der Waals surface area contributed by atoms with Crippen LogP contribution in [0.5, 0.6) is 0 Å². The number of aliphatic hydroxyl groups is 26. The van der Waals surface area contributed by atoms with Crippen molar-refractivity contribution in [2.75, 3.05) is 145 Å². The van der Waals surface area contributed by atoms with Crippen LogP contribution < -0.4 is 0 Å². The van der Waals surface area contributed by atoms with Crippen molar-refractivity contribution in [2.45, 2.75) is 386 Å². The van der Waals surface area contributed by atoms with Crippen molar-refractivity contribution >= 4 is 0 Å². The maximum Gasteiger partial charge on any atom is 0.186 e. The molecule has 8 saturated carbocycles. The molecule has 44 heteroatoms. The lowest BCUT2D eigenvalue weighted by molar-refractivity contribution is -0.343. The van der Waals surface area contributed by atoms with Gasteiger partial charge in [0.2, 0.25) is 0 Å². The van der Waals surface area contributed by atoms with E-state index in [1.807, 2.05) is 0 Å². The monoisotopic (exact) mass is 2080 g/mol. The van der Waals surface area contributed by atoms with Crippen LogP contribution in [0.3, 0.4) is 0 Å². The van der Waals surface area contributed by atoms with Crippen LogP contribution in [0.4, 0.5) is 0 Å². The molecular formula is C100H178O44. The third-order valence-electron chi connectivity index (χ3n) is 36.1. The van der Waals surface area contributed by atoms with E-state index in [-0.39, 0.29) is 104 Å². The van der Waals surface area contributed by atoms with Gasteiger partial charge in [-0.15, -0.1) is 0 Å². The lowest BCUT2D eigenvalue weighted by atomic mass is 9.44. The molecule has 0 amide bonds. The van der Waals surface area contributed by atoms with E-state index in [0.29, 0.717) is 78.9 Å². The van der Waals surface area contributed by atoms with Gasteiger partial charge in [-0.25, -0.2) is 0 Å². The Bertz CT molecular complexity index is 3620. The van der Waals surface area contributed by atoms with Gasteiger partial charge >= 0.3 is 0 Å².